The van der Waals surface area contributed by atoms with E-state index in [0.717, 1.165) is 5.92 Å². The molecule has 0 atom stereocenters. The average Bonchev–Trinajstić information content (AvgIpc) is 3.35. The second-order valence-corrected chi connectivity index (χ2v) is 10.7. The SMILES string of the molecule is Cc1c2c(cc3ccccc13)Sc1c3ccc(C4CCCC4)cc3cc3cc[n+](C)c-2c13. The van der Waals surface area contributed by atoms with Gasteiger partial charge in [-0.2, -0.15) is 0 Å². The van der Waals surface area contributed by atoms with E-state index >= 15 is 0 Å². The molecule has 2 aliphatic rings. The van der Waals surface area contributed by atoms with E-state index in [0.29, 0.717) is 0 Å². The van der Waals surface area contributed by atoms with Gasteiger partial charge in [-0.1, -0.05) is 67.1 Å². The first-order valence-corrected chi connectivity index (χ1v) is 12.6. The molecule has 4 aromatic carbocycles. The summed E-state index contributed by atoms with van der Waals surface area (Å²) in [5.74, 6) is 0.748. The summed E-state index contributed by atoms with van der Waals surface area (Å²) < 4.78 is 2.32. The lowest BCUT2D eigenvalue weighted by Gasteiger charge is -2.23. The van der Waals surface area contributed by atoms with Gasteiger partial charge in [0.1, 0.15) is 7.05 Å². The number of pyridine rings is 1. The highest BCUT2D eigenvalue weighted by molar-refractivity contribution is 8.00. The first-order valence-electron chi connectivity index (χ1n) is 11.8. The van der Waals surface area contributed by atoms with Crippen LogP contribution in [0.3, 0.4) is 0 Å². The van der Waals surface area contributed by atoms with E-state index in [-0.39, 0.29) is 0 Å². The molecule has 156 valence electrons. The number of nitrogens with zero attached hydrogens (tertiary/aromatic N) is 1. The third-order valence-corrected chi connectivity index (χ3v) is 8.93. The fourth-order valence-electron chi connectivity index (χ4n) is 6.13. The molecule has 1 nitrogen and oxygen atoms in total. The molecular formula is C30H26NS+. The van der Waals surface area contributed by atoms with Gasteiger partial charge in [0.05, 0.1) is 10.9 Å². The molecule has 0 spiro atoms. The van der Waals surface area contributed by atoms with Gasteiger partial charge in [0.2, 0.25) is 5.69 Å². The maximum atomic E-state index is 2.48. The van der Waals surface area contributed by atoms with Crippen molar-refractivity contribution in [2.75, 3.05) is 0 Å². The summed E-state index contributed by atoms with van der Waals surface area (Å²) in [6.45, 7) is 2.29. The van der Waals surface area contributed by atoms with E-state index in [1.165, 1.54) is 90.2 Å². The number of hydrogen-bond acceptors (Lipinski definition) is 1. The van der Waals surface area contributed by atoms with Gasteiger partial charge in [-0.25, -0.2) is 4.57 Å². The van der Waals surface area contributed by atoms with Gasteiger partial charge in [-0.3, -0.25) is 0 Å². The molecule has 0 radical (unpaired) electrons. The number of aromatic nitrogens is 1. The topological polar surface area (TPSA) is 3.88 Å². The van der Waals surface area contributed by atoms with Gasteiger partial charge >= 0.3 is 0 Å². The Kier molecular flexibility index (Phi) is 3.99. The van der Waals surface area contributed by atoms with E-state index in [2.05, 4.69) is 85.4 Å². The molecule has 2 heterocycles. The predicted octanol–water partition coefficient (Wildman–Crippen LogP) is 8.07. The fraction of sp³-hybridized carbons (Fsp3) is 0.233. The van der Waals surface area contributed by atoms with Gasteiger partial charge in [0.25, 0.3) is 0 Å². The highest BCUT2D eigenvalue weighted by Crippen LogP contribution is 2.52. The smallest absolute Gasteiger partial charge is 0.200 e. The van der Waals surface area contributed by atoms with Crippen LogP contribution in [0.25, 0.3) is 43.6 Å². The van der Waals surface area contributed by atoms with Crippen molar-refractivity contribution in [3.63, 3.8) is 0 Å². The summed E-state index contributed by atoms with van der Waals surface area (Å²) in [7, 11) is 2.19. The lowest BCUT2D eigenvalue weighted by Crippen LogP contribution is -2.31. The third-order valence-electron chi connectivity index (χ3n) is 7.76. The van der Waals surface area contributed by atoms with Crippen molar-refractivity contribution in [2.24, 2.45) is 7.05 Å². The third kappa shape index (κ3) is 2.56. The summed E-state index contributed by atoms with van der Waals surface area (Å²) in [5, 5.41) is 8.24. The Balaban J connectivity index is 1.57. The summed E-state index contributed by atoms with van der Waals surface area (Å²) in [5.41, 5.74) is 5.68. The second-order valence-electron chi connectivity index (χ2n) is 9.61. The Labute approximate surface area is 193 Å². The first-order chi connectivity index (χ1) is 15.7. The summed E-state index contributed by atoms with van der Waals surface area (Å²) in [4.78, 5) is 2.80. The Bertz CT molecular complexity index is 1570. The van der Waals surface area contributed by atoms with Crippen molar-refractivity contribution in [1.82, 2.24) is 0 Å². The number of benzene rings is 4. The van der Waals surface area contributed by atoms with Crippen molar-refractivity contribution in [3.8, 4) is 11.3 Å². The molecule has 1 aromatic heterocycles. The standard InChI is InChI=1S/C30H26NS/c1-18-24-10-6-5-9-21(24)17-26-27(18)29-28-22(13-14-31(29)2)16-23-15-20(19-7-3-4-8-19)11-12-25(23)30(28)32-26/h5-6,9-17,19H,3-4,7-8H2,1-2H3/q+1. The van der Waals surface area contributed by atoms with Crippen LogP contribution in [-0.2, 0) is 7.05 Å². The summed E-state index contributed by atoms with van der Waals surface area (Å²) >= 11 is 1.97. The Morgan fingerprint density at radius 3 is 2.56 bits per heavy atom. The van der Waals surface area contributed by atoms with Crippen LogP contribution in [0.1, 0.15) is 42.7 Å². The van der Waals surface area contributed by atoms with Crippen LogP contribution in [0.2, 0.25) is 0 Å². The molecule has 2 heteroatoms. The molecule has 0 amide bonds. The zero-order valence-electron chi connectivity index (χ0n) is 18.6. The second kappa shape index (κ2) is 6.83. The molecule has 5 aromatic rings. The highest BCUT2D eigenvalue weighted by atomic mass is 32.2. The first kappa shape index (κ1) is 18.7. The number of aryl methyl sites for hydroxylation is 2. The molecule has 1 saturated carbocycles. The van der Waals surface area contributed by atoms with Crippen LogP contribution in [0.4, 0.5) is 0 Å². The fourth-order valence-corrected chi connectivity index (χ4v) is 7.50. The normalized spacial score (nSPS) is 15.7. The van der Waals surface area contributed by atoms with Crippen LogP contribution in [0, 0.1) is 6.92 Å². The molecule has 0 unspecified atom stereocenters. The quantitative estimate of drug-likeness (QED) is 0.188. The minimum Gasteiger partial charge on any atom is -0.200 e. The summed E-state index contributed by atoms with van der Waals surface area (Å²) in [6, 6.07) is 23.2. The number of rotatable bonds is 1. The average molecular weight is 433 g/mol. The van der Waals surface area contributed by atoms with Crippen LogP contribution in [0.15, 0.2) is 76.7 Å². The lowest BCUT2D eigenvalue weighted by atomic mass is 9.91. The molecule has 32 heavy (non-hydrogen) atoms. The summed E-state index contributed by atoms with van der Waals surface area (Å²) in [6.07, 6.45) is 7.69. The van der Waals surface area contributed by atoms with Crippen molar-refractivity contribution in [3.05, 3.63) is 78.0 Å². The molecule has 0 saturated heterocycles. The van der Waals surface area contributed by atoms with Crippen molar-refractivity contribution >= 4 is 44.1 Å². The van der Waals surface area contributed by atoms with Gasteiger partial charge in [-0.15, -0.1) is 0 Å². The largest absolute Gasteiger partial charge is 0.222 e. The van der Waals surface area contributed by atoms with E-state index in [9.17, 15) is 0 Å². The molecule has 7 rings (SSSR count). The van der Waals surface area contributed by atoms with E-state index in [4.69, 9.17) is 0 Å². The van der Waals surface area contributed by atoms with Crippen LogP contribution < -0.4 is 4.57 Å². The molecule has 1 fully saturated rings. The minimum atomic E-state index is 0.748. The number of fused-ring (bicyclic) bond motifs is 5. The van der Waals surface area contributed by atoms with Crippen LogP contribution >= 0.6 is 11.8 Å². The zero-order chi connectivity index (χ0) is 21.4. The highest BCUT2D eigenvalue weighted by Gasteiger charge is 2.30. The molecule has 0 bridgehead atoms. The minimum absolute atomic E-state index is 0.748. The van der Waals surface area contributed by atoms with Gasteiger partial charge in [-0.05, 0) is 75.9 Å². The van der Waals surface area contributed by atoms with Crippen molar-refractivity contribution in [1.29, 1.82) is 0 Å². The maximum absolute atomic E-state index is 2.48. The van der Waals surface area contributed by atoms with Crippen LogP contribution in [-0.4, -0.2) is 0 Å². The van der Waals surface area contributed by atoms with Crippen LogP contribution in [0.5, 0.6) is 0 Å². The molecule has 1 aliphatic carbocycles. The maximum Gasteiger partial charge on any atom is 0.222 e. The van der Waals surface area contributed by atoms with Gasteiger partial charge in [0.15, 0.2) is 6.20 Å². The lowest BCUT2D eigenvalue weighted by molar-refractivity contribution is -0.659. The van der Waals surface area contributed by atoms with E-state index in [1.54, 1.807) is 0 Å². The zero-order valence-corrected chi connectivity index (χ0v) is 19.4. The van der Waals surface area contributed by atoms with Gasteiger partial charge in [0, 0.05) is 15.9 Å². The van der Waals surface area contributed by atoms with E-state index in [1.807, 2.05) is 11.8 Å². The molecule has 0 N–H and O–H groups in total. The van der Waals surface area contributed by atoms with Crippen molar-refractivity contribution in [2.45, 2.75) is 48.3 Å². The molecule has 1 aliphatic heterocycles. The monoisotopic (exact) mass is 432 g/mol. The predicted molar refractivity (Wildman–Crippen MR) is 136 cm³/mol. The Hall–Kier alpha value is -2.84. The Morgan fingerprint density at radius 1 is 0.844 bits per heavy atom. The number of hydrogen-bond donors (Lipinski definition) is 0. The van der Waals surface area contributed by atoms with E-state index < -0.39 is 0 Å². The van der Waals surface area contributed by atoms with Crippen molar-refractivity contribution < 1.29 is 4.57 Å². The Morgan fingerprint density at radius 2 is 1.69 bits per heavy atom. The van der Waals surface area contributed by atoms with Gasteiger partial charge < -0.3 is 0 Å². The molecular weight excluding hydrogens is 406 g/mol.